The average molecular weight is 405 g/mol. The molecule has 5 nitrogen and oxygen atoms in total. The number of amides is 1. The molecular formula is C20H21ClN2O3S. The molecule has 2 aliphatic heterocycles. The second-order valence-corrected chi connectivity index (χ2v) is 8.45. The summed E-state index contributed by atoms with van der Waals surface area (Å²) in [6, 6.07) is 11.6. The predicted molar refractivity (Wildman–Crippen MR) is 110 cm³/mol. The molecule has 0 radical (unpaired) electrons. The highest BCUT2D eigenvalue weighted by atomic mass is 35.5. The molecule has 4 rings (SSSR count). The Labute approximate surface area is 168 Å². The number of benzene rings is 2. The molecule has 0 aromatic heterocycles. The molecule has 0 unspecified atom stereocenters. The second kappa shape index (κ2) is 7.90. The summed E-state index contributed by atoms with van der Waals surface area (Å²) in [5.74, 6) is 1.30. The number of fused-ring (bicyclic) bond motifs is 2. The maximum absolute atomic E-state index is 12.9. The lowest BCUT2D eigenvalue weighted by atomic mass is 10.2. The molecule has 2 aromatic rings. The van der Waals surface area contributed by atoms with Gasteiger partial charge in [-0.25, -0.2) is 0 Å². The van der Waals surface area contributed by atoms with Gasteiger partial charge in [0.15, 0.2) is 11.5 Å². The Kier molecular flexibility index (Phi) is 5.36. The van der Waals surface area contributed by atoms with E-state index in [4.69, 9.17) is 21.1 Å². The lowest BCUT2D eigenvalue weighted by Gasteiger charge is -2.24. The third-order valence-corrected chi connectivity index (χ3v) is 6.16. The Bertz CT molecular complexity index is 861. The first-order chi connectivity index (χ1) is 13.1. The van der Waals surface area contributed by atoms with Gasteiger partial charge in [-0.1, -0.05) is 30.7 Å². The molecular weight excluding hydrogens is 384 g/mol. The van der Waals surface area contributed by atoms with Crippen LogP contribution in [0.2, 0.25) is 5.02 Å². The highest BCUT2D eigenvalue weighted by Gasteiger charge is 2.24. The minimum Gasteiger partial charge on any atom is -0.486 e. The van der Waals surface area contributed by atoms with Gasteiger partial charge in [-0.2, -0.15) is 0 Å². The fourth-order valence-electron chi connectivity index (χ4n) is 3.21. The number of hydrogen-bond donors (Lipinski definition) is 1. The second-order valence-electron chi connectivity index (χ2n) is 6.56. The van der Waals surface area contributed by atoms with E-state index in [1.807, 2.05) is 34.9 Å². The number of anilines is 2. The molecule has 1 atom stereocenters. The minimum absolute atomic E-state index is 0.0168. The molecule has 0 saturated heterocycles. The van der Waals surface area contributed by atoms with E-state index in [1.165, 1.54) is 0 Å². The van der Waals surface area contributed by atoms with Crippen LogP contribution < -0.4 is 19.7 Å². The number of thioether (sulfide) groups is 1. The van der Waals surface area contributed by atoms with E-state index in [9.17, 15) is 4.79 Å². The molecule has 2 aliphatic rings. The molecule has 1 amide bonds. The molecule has 0 saturated carbocycles. The fraction of sp³-hybridized carbons (Fsp3) is 0.350. The first-order valence-corrected chi connectivity index (χ1v) is 10.3. The van der Waals surface area contributed by atoms with E-state index < -0.39 is 0 Å². The van der Waals surface area contributed by atoms with Crippen molar-refractivity contribution in [3.8, 4) is 11.5 Å². The van der Waals surface area contributed by atoms with E-state index in [-0.39, 0.29) is 12.5 Å². The zero-order chi connectivity index (χ0) is 18.8. The SMILES string of the molecule is C[C@H]1CCN(C(=O)CNc2cc3c(cc2Cl)OCCO3)c2ccccc2S1. The van der Waals surface area contributed by atoms with Gasteiger partial charge in [0.2, 0.25) is 5.91 Å². The zero-order valence-electron chi connectivity index (χ0n) is 15.0. The van der Waals surface area contributed by atoms with Crippen molar-refractivity contribution in [3.63, 3.8) is 0 Å². The molecule has 142 valence electrons. The van der Waals surface area contributed by atoms with Crippen molar-refractivity contribution in [1.29, 1.82) is 0 Å². The largest absolute Gasteiger partial charge is 0.486 e. The molecule has 0 bridgehead atoms. The molecule has 27 heavy (non-hydrogen) atoms. The number of carbonyl (C=O) groups excluding carboxylic acids is 1. The van der Waals surface area contributed by atoms with Crippen LogP contribution in [0.25, 0.3) is 0 Å². The van der Waals surface area contributed by atoms with Gasteiger partial charge in [0, 0.05) is 28.8 Å². The molecule has 2 aromatic carbocycles. The van der Waals surface area contributed by atoms with Gasteiger partial charge in [-0.3, -0.25) is 4.79 Å². The number of para-hydroxylation sites is 1. The summed E-state index contributed by atoms with van der Waals surface area (Å²) in [4.78, 5) is 16.0. The van der Waals surface area contributed by atoms with Crippen LogP contribution in [0.1, 0.15) is 13.3 Å². The molecule has 1 N–H and O–H groups in total. The van der Waals surface area contributed by atoms with Gasteiger partial charge in [-0.05, 0) is 18.6 Å². The standard InChI is InChI=1S/C20H21ClN2O3S/c1-13-6-7-23(16-4-2-3-5-19(16)27-13)20(24)12-22-15-11-18-17(10-14(15)21)25-8-9-26-18/h2-5,10-11,13,22H,6-9,12H2,1H3/t13-/m0/s1. The molecule has 0 fully saturated rings. The maximum Gasteiger partial charge on any atom is 0.246 e. The van der Waals surface area contributed by atoms with Crippen molar-refractivity contribution in [1.82, 2.24) is 0 Å². The fourth-order valence-corrected chi connectivity index (χ4v) is 4.54. The average Bonchev–Trinajstić information content (AvgIpc) is 2.84. The van der Waals surface area contributed by atoms with Crippen LogP contribution in [0.3, 0.4) is 0 Å². The number of rotatable bonds is 3. The van der Waals surface area contributed by atoms with Crippen LogP contribution in [-0.4, -0.2) is 37.5 Å². The van der Waals surface area contributed by atoms with E-state index in [1.54, 1.807) is 12.1 Å². The van der Waals surface area contributed by atoms with Crippen molar-refractivity contribution in [2.24, 2.45) is 0 Å². The predicted octanol–water partition coefficient (Wildman–Crippen LogP) is 4.44. The molecule has 7 heteroatoms. The van der Waals surface area contributed by atoms with Crippen molar-refractivity contribution in [2.75, 3.05) is 36.5 Å². The zero-order valence-corrected chi connectivity index (χ0v) is 16.6. The Balaban J connectivity index is 1.50. The smallest absolute Gasteiger partial charge is 0.246 e. The monoisotopic (exact) mass is 404 g/mol. The van der Waals surface area contributed by atoms with Crippen molar-refractivity contribution in [2.45, 2.75) is 23.5 Å². The van der Waals surface area contributed by atoms with Crippen molar-refractivity contribution >= 4 is 40.6 Å². The third-order valence-electron chi connectivity index (χ3n) is 4.61. The lowest BCUT2D eigenvalue weighted by Crippen LogP contribution is -2.36. The van der Waals surface area contributed by atoms with Crippen molar-refractivity contribution < 1.29 is 14.3 Å². The highest BCUT2D eigenvalue weighted by Crippen LogP contribution is 2.39. The molecule has 0 aliphatic carbocycles. The van der Waals surface area contributed by atoms with E-state index >= 15 is 0 Å². The lowest BCUT2D eigenvalue weighted by molar-refractivity contribution is -0.117. The van der Waals surface area contributed by atoms with E-state index in [0.29, 0.717) is 47.2 Å². The van der Waals surface area contributed by atoms with Crippen LogP contribution in [0.4, 0.5) is 11.4 Å². The van der Waals surface area contributed by atoms with Gasteiger partial charge >= 0.3 is 0 Å². The number of halogens is 1. The molecule has 0 spiro atoms. The first kappa shape index (κ1) is 18.3. The summed E-state index contributed by atoms with van der Waals surface area (Å²) in [5, 5.41) is 4.14. The summed E-state index contributed by atoms with van der Waals surface area (Å²) in [5.41, 5.74) is 1.65. The summed E-state index contributed by atoms with van der Waals surface area (Å²) >= 11 is 8.15. The quantitative estimate of drug-likeness (QED) is 0.819. The van der Waals surface area contributed by atoms with Gasteiger partial charge in [0.1, 0.15) is 13.2 Å². The number of nitrogens with one attached hydrogen (secondary N) is 1. The first-order valence-electron chi connectivity index (χ1n) is 9.01. The summed E-state index contributed by atoms with van der Waals surface area (Å²) in [6.45, 7) is 4.09. The number of ether oxygens (including phenoxy) is 2. The van der Waals surface area contributed by atoms with Crippen LogP contribution in [0.15, 0.2) is 41.3 Å². The van der Waals surface area contributed by atoms with E-state index in [2.05, 4.69) is 18.3 Å². The Morgan fingerprint density at radius 2 is 2.00 bits per heavy atom. The summed E-state index contributed by atoms with van der Waals surface area (Å²) in [6.07, 6.45) is 0.954. The number of nitrogens with zero attached hydrogens (tertiary/aromatic N) is 1. The van der Waals surface area contributed by atoms with Crippen molar-refractivity contribution in [3.05, 3.63) is 41.4 Å². The Morgan fingerprint density at radius 3 is 2.81 bits per heavy atom. The van der Waals surface area contributed by atoms with Gasteiger partial charge in [0.05, 0.1) is 22.9 Å². The summed E-state index contributed by atoms with van der Waals surface area (Å²) in [7, 11) is 0. The van der Waals surface area contributed by atoms with Crippen LogP contribution in [0, 0.1) is 0 Å². The molecule has 2 heterocycles. The van der Waals surface area contributed by atoms with Gasteiger partial charge < -0.3 is 19.7 Å². The summed E-state index contributed by atoms with van der Waals surface area (Å²) < 4.78 is 11.1. The third kappa shape index (κ3) is 3.96. The number of hydrogen-bond acceptors (Lipinski definition) is 5. The van der Waals surface area contributed by atoms with Crippen LogP contribution in [-0.2, 0) is 4.79 Å². The number of carbonyl (C=O) groups is 1. The Hall–Kier alpha value is -2.05. The van der Waals surface area contributed by atoms with Crippen LogP contribution >= 0.6 is 23.4 Å². The topological polar surface area (TPSA) is 50.8 Å². The Morgan fingerprint density at radius 1 is 1.26 bits per heavy atom. The highest BCUT2D eigenvalue weighted by molar-refractivity contribution is 8.00. The van der Waals surface area contributed by atoms with E-state index in [0.717, 1.165) is 17.0 Å². The normalized spacial score (nSPS) is 18.4. The maximum atomic E-state index is 12.9. The van der Waals surface area contributed by atoms with Gasteiger partial charge in [-0.15, -0.1) is 11.8 Å². The minimum atomic E-state index is 0.0168. The van der Waals surface area contributed by atoms with Crippen LogP contribution in [0.5, 0.6) is 11.5 Å². The van der Waals surface area contributed by atoms with Gasteiger partial charge in [0.25, 0.3) is 0 Å².